The van der Waals surface area contributed by atoms with Crippen molar-refractivity contribution in [3.05, 3.63) is 48.2 Å². The molecule has 0 fully saturated rings. The van der Waals surface area contributed by atoms with Gasteiger partial charge in [-0.3, -0.25) is 4.79 Å². The Labute approximate surface area is 111 Å². The van der Waals surface area contributed by atoms with Crippen LogP contribution in [0.1, 0.15) is 11.3 Å². The van der Waals surface area contributed by atoms with Gasteiger partial charge in [-0.1, -0.05) is 18.2 Å². The smallest absolute Gasteiger partial charge is 0.224 e. The first kappa shape index (κ1) is 13.1. The highest BCUT2D eigenvalue weighted by Gasteiger charge is 2.07. The molecule has 0 saturated heterocycles. The van der Waals surface area contributed by atoms with E-state index < -0.39 is 0 Å². The number of rotatable bonds is 6. The van der Waals surface area contributed by atoms with E-state index in [0.717, 1.165) is 17.0 Å². The molecule has 19 heavy (non-hydrogen) atoms. The molecule has 0 aliphatic carbocycles. The van der Waals surface area contributed by atoms with Crippen molar-refractivity contribution in [2.45, 2.75) is 12.8 Å². The van der Waals surface area contributed by atoms with Crippen molar-refractivity contribution in [2.75, 3.05) is 13.7 Å². The molecule has 1 heterocycles. The molecule has 0 aliphatic rings. The normalized spacial score (nSPS) is 10.2. The predicted octanol–water partition coefficient (Wildman–Crippen LogP) is 1.58. The van der Waals surface area contributed by atoms with Crippen LogP contribution in [0, 0.1) is 0 Å². The summed E-state index contributed by atoms with van der Waals surface area (Å²) in [5.41, 5.74) is 1.71. The van der Waals surface area contributed by atoms with Gasteiger partial charge < -0.3 is 14.5 Å². The van der Waals surface area contributed by atoms with Crippen LogP contribution in [0.2, 0.25) is 0 Å². The summed E-state index contributed by atoms with van der Waals surface area (Å²) < 4.78 is 10.1. The summed E-state index contributed by atoms with van der Waals surface area (Å²) in [4.78, 5) is 15.8. The number of ether oxygens (including phenoxy) is 1. The van der Waals surface area contributed by atoms with Crippen LogP contribution in [0.3, 0.4) is 0 Å². The van der Waals surface area contributed by atoms with E-state index in [4.69, 9.17) is 9.15 Å². The Bertz CT molecular complexity index is 523. The third-order valence-corrected chi connectivity index (χ3v) is 2.73. The summed E-state index contributed by atoms with van der Waals surface area (Å²) in [5.74, 6) is 0.696. The molecule has 1 amide bonds. The van der Waals surface area contributed by atoms with Gasteiger partial charge in [0.25, 0.3) is 0 Å². The molecule has 0 atom stereocenters. The fourth-order valence-electron chi connectivity index (χ4n) is 1.78. The average molecular weight is 260 g/mol. The molecule has 5 heteroatoms. The lowest BCUT2D eigenvalue weighted by Gasteiger charge is -2.08. The van der Waals surface area contributed by atoms with E-state index in [9.17, 15) is 4.79 Å². The lowest BCUT2D eigenvalue weighted by molar-refractivity contribution is -0.120. The van der Waals surface area contributed by atoms with Crippen molar-refractivity contribution in [1.82, 2.24) is 10.3 Å². The van der Waals surface area contributed by atoms with Crippen molar-refractivity contribution in [3.8, 4) is 5.75 Å². The van der Waals surface area contributed by atoms with E-state index in [1.54, 1.807) is 13.4 Å². The summed E-state index contributed by atoms with van der Waals surface area (Å²) in [7, 11) is 1.60. The molecule has 0 saturated carbocycles. The number of carbonyl (C=O) groups excluding carboxylic acids is 1. The molecule has 0 bridgehead atoms. The molecule has 1 N–H and O–H groups in total. The molecular weight excluding hydrogens is 244 g/mol. The molecule has 100 valence electrons. The van der Waals surface area contributed by atoms with Crippen molar-refractivity contribution in [1.29, 1.82) is 0 Å². The number of oxazole rings is 1. The number of para-hydroxylation sites is 1. The first-order chi connectivity index (χ1) is 9.29. The van der Waals surface area contributed by atoms with Gasteiger partial charge in [0.05, 0.1) is 19.2 Å². The zero-order valence-corrected chi connectivity index (χ0v) is 10.8. The van der Waals surface area contributed by atoms with E-state index in [1.807, 2.05) is 24.3 Å². The second kappa shape index (κ2) is 6.58. The fourth-order valence-corrected chi connectivity index (χ4v) is 1.78. The van der Waals surface area contributed by atoms with E-state index in [1.165, 1.54) is 6.39 Å². The van der Waals surface area contributed by atoms with Gasteiger partial charge in [-0.2, -0.15) is 0 Å². The van der Waals surface area contributed by atoms with Crippen LogP contribution in [0.15, 0.2) is 41.3 Å². The summed E-state index contributed by atoms with van der Waals surface area (Å²) in [5, 5.41) is 2.84. The van der Waals surface area contributed by atoms with Crippen LogP contribution in [-0.2, 0) is 17.6 Å². The number of methoxy groups -OCH3 is 1. The fraction of sp³-hybridized carbons (Fsp3) is 0.286. The molecule has 0 aliphatic heterocycles. The first-order valence-electron chi connectivity index (χ1n) is 6.05. The number of nitrogens with one attached hydrogen (secondary N) is 1. The van der Waals surface area contributed by atoms with Crippen LogP contribution < -0.4 is 10.1 Å². The maximum atomic E-state index is 11.8. The number of benzene rings is 1. The van der Waals surface area contributed by atoms with Gasteiger partial charge in [-0.05, 0) is 6.07 Å². The van der Waals surface area contributed by atoms with E-state index in [-0.39, 0.29) is 5.91 Å². The van der Waals surface area contributed by atoms with Crippen LogP contribution in [0.4, 0.5) is 0 Å². The van der Waals surface area contributed by atoms with Gasteiger partial charge in [-0.25, -0.2) is 4.98 Å². The van der Waals surface area contributed by atoms with Crippen LogP contribution in [0.5, 0.6) is 5.75 Å². The van der Waals surface area contributed by atoms with Gasteiger partial charge in [0.2, 0.25) is 5.91 Å². The van der Waals surface area contributed by atoms with Crippen LogP contribution in [0.25, 0.3) is 0 Å². The van der Waals surface area contributed by atoms with E-state index >= 15 is 0 Å². The molecule has 2 aromatic rings. The zero-order chi connectivity index (χ0) is 13.5. The Morgan fingerprint density at radius 2 is 2.26 bits per heavy atom. The minimum absolute atomic E-state index is 0.0343. The number of nitrogens with zero attached hydrogens (tertiary/aromatic N) is 1. The maximum absolute atomic E-state index is 11.8. The predicted molar refractivity (Wildman–Crippen MR) is 69.9 cm³/mol. The van der Waals surface area contributed by atoms with Gasteiger partial charge in [0.1, 0.15) is 12.0 Å². The first-order valence-corrected chi connectivity index (χ1v) is 6.05. The summed E-state index contributed by atoms with van der Waals surface area (Å²) >= 11 is 0. The van der Waals surface area contributed by atoms with Gasteiger partial charge >= 0.3 is 0 Å². The number of hydrogen-bond donors (Lipinski definition) is 1. The number of aromatic nitrogens is 1. The third-order valence-electron chi connectivity index (χ3n) is 2.73. The van der Waals surface area contributed by atoms with Crippen molar-refractivity contribution in [3.63, 3.8) is 0 Å². The molecule has 0 unspecified atom stereocenters. The van der Waals surface area contributed by atoms with Crippen molar-refractivity contribution in [2.24, 2.45) is 0 Å². The Hall–Kier alpha value is -2.30. The monoisotopic (exact) mass is 260 g/mol. The highest BCUT2D eigenvalue weighted by atomic mass is 16.5. The lowest BCUT2D eigenvalue weighted by atomic mass is 10.1. The average Bonchev–Trinajstić information content (AvgIpc) is 2.92. The summed E-state index contributed by atoms with van der Waals surface area (Å²) in [6, 6.07) is 7.50. The minimum atomic E-state index is -0.0343. The second-order valence-electron chi connectivity index (χ2n) is 4.07. The van der Waals surface area contributed by atoms with Crippen molar-refractivity contribution >= 4 is 5.91 Å². The second-order valence-corrected chi connectivity index (χ2v) is 4.07. The molecule has 2 rings (SSSR count). The summed E-state index contributed by atoms with van der Waals surface area (Å²) in [6.45, 7) is 0.542. The quantitative estimate of drug-likeness (QED) is 0.856. The highest BCUT2D eigenvalue weighted by Crippen LogP contribution is 2.17. The van der Waals surface area contributed by atoms with E-state index in [2.05, 4.69) is 10.3 Å². The molecule has 0 spiro atoms. The Morgan fingerprint density at radius 3 is 3.00 bits per heavy atom. The van der Waals surface area contributed by atoms with Crippen molar-refractivity contribution < 1.29 is 13.9 Å². The standard InChI is InChI=1S/C14H16N2O3/c1-18-13-5-3-2-4-11(13)8-14(17)15-7-6-12-9-19-10-16-12/h2-5,9-10H,6-8H2,1H3,(H,15,17). The largest absolute Gasteiger partial charge is 0.496 e. The number of hydrogen-bond acceptors (Lipinski definition) is 4. The molecule has 1 aromatic carbocycles. The van der Waals surface area contributed by atoms with Gasteiger partial charge in [0, 0.05) is 18.5 Å². The molecular formula is C14H16N2O3. The highest BCUT2D eigenvalue weighted by molar-refractivity contribution is 5.79. The van der Waals surface area contributed by atoms with Gasteiger partial charge in [0.15, 0.2) is 6.39 Å². The maximum Gasteiger partial charge on any atom is 0.224 e. The minimum Gasteiger partial charge on any atom is -0.496 e. The third kappa shape index (κ3) is 3.84. The lowest BCUT2D eigenvalue weighted by Crippen LogP contribution is -2.27. The molecule has 5 nitrogen and oxygen atoms in total. The molecule has 0 radical (unpaired) electrons. The SMILES string of the molecule is COc1ccccc1CC(=O)NCCc1cocn1. The summed E-state index contributed by atoms with van der Waals surface area (Å²) in [6.07, 6.45) is 3.93. The Balaban J connectivity index is 1.80. The van der Waals surface area contributed by atoms with Gasteiger partial charge in [-0.15, -0.1) is 0 Å². The Kier molecular flexibility index (Phi) is 4.55. The van der Waals surface area contributed by atoms with E-state index in [0.29, 0.717) is 19.4 Å². The van der Waals surface area contributed by atoms with Crippen LogP contribution in [-0.4, -0.2) is 24.5 Å². The zero-order valence-electron chi connectivity index (χ0n) is 10.8. The van der Waals surface area contributed by atoms with Crippen LogP contribution >= 0.6 is 0 Å². The molecule has 1 aromatic heterocycles. The number of carbonyl (C=O) groups is 1. The Morgan fingerprint density at radius 1 is 1.42 bits per heavy atom. The topological polar surface area (TPSA) is 64.4 Å². The number of amides is 1.